The van der Waals surface area contributed by atoms with Crippen LogP contribution in [0.5, 0.6) is 0 Å². The summed E-state index contributed by atoms with van der Waals surface area (Å²) in [6.45, 7) is 3.55. The summed E-state index contributed by atoms with van der Waals surface area (Å²) >= 11 is 0. The number of phosphoric acid groups is 1. The van der Waals surface area contributed by atoms with Gasteiger partial charge in [-0.25, -0.2) is 4.57 Å². The maximum absolute atomic E-state index is 12.6. The van der Waals surface area contributed by atoms with Gasteiger partial charge in [0, 0.05) is 5.92 Å². The van der Waals surface area contributed by atoms with Crippen molar-refractivity contribution in [3.8, 4) is 12.1 Å². The van der Waals surface area contributed by atoms with Crippen LogP contribution in [-0.4, -0.2) is 23.9 Å². The molecule has 2 rings (SSSR count). The van der Waals surface area contributed by atoms with Gasteiger partial charge in [-0.05, 0) is 39.2 Å². The zero-order valence-corrected chi connectivity index (χ0v) is 14.2. The highest BCUT2D eigenvalue weighted by Crippen LogP contribution is 2.58. The second-order valence-corrected chi connectivity index (χ2v) is 7.23. The summed E-state index contributed by atoms with van der Waals surface area (Å²) in [6, 6.07) is 4.17. The standard InChI is InChI=1S/C15H21N2O5P/c1-3-20-23(19,21-4-2)22-14-8-11(9-16)12(10-17)13-6-5-7-15(13,14)18/h8,11-13,18H,3-7H2,1-2H3/t11-,12-,13+,15+/m0/s1. The number of aliphatic hydroxyl groups is 1. The van der Waals surface area contributed by atoms with Crippen molar-refractivity contribution in [2.24, 2.45) is 17.8 Å². The molecular formula is C15H21N2O5P. The fourth-order valence-electron chi connectivity index (χ4n) is 3.38. The molecule has 1 fully saturated rings. The lowest BCUT2D eigenvalue weighted by atomic mass is 9.69. The first-order valence-electron chi connectivity index (χ1n) is 7.76. The van der Waals surface area contributed by atoms with Gasteiger partial charge in [-0.15, -0.1) is 0 Å². The van der Waals surface area contributed by atoms with Crippen LogP contribution in [0.15, 0.2) is 11.8 Å². The third-order valence-corrected chi connectivity index (χ3v) is 5.92. The van der Waals surface area contributed by atoms with Crippen molar-refractivity contribution in [3.63, 3.8) is 0 Å². The molecule has 7 nitrogen and oxygen atoms in total. The van der Waals surface area contributed by atoms with E-state index in [-0.39, 0.29) is 19.0 Å². The smallest absolute Gasteiger partial charge is 0.406 e. The molecule has 0 radical (unpaired) electrons. The van der Waals surface area contributed by atoms with E-state index in [1.165, 1.54) is 6.08 Å². The predicted molar refractivity (Wildman–Crippen MR) is 80.5 cm³/mol. The molecule has 1 N–H and O–H groups in total. The van der Waals surface area contributed by atoms with Crippen LogP contribution < -0.4 is 0 Å². The van der Waals surface area contributed by atoms with Gasteiger partial charge in [0.15, 0.2) is 0 Å². The van der Waals surface area contributed by atoms with E-state index < -0.39 is 31.2 Å². The molecule has 4 atom stereocenters. The minimum Gasteiger partial charge on any atom is -0.406 e. The maximum Gasteiger partial charge on any atom is 0.529 e. The van der Waals surface area contributed by atoms with Gasteiger partial charge in [0.25, 0.3) is 0 Å². The van der Waals surface area contributed by atoms with Crippen LogP contribution in [0.25, 0.3) is 0 Å². The van der Waals surface area contributed by atoms with Crippen molar-refractivity contribution in [3.05, 3.63) is 11.8 Å². The monoisotopic (exact) mass is 340 g/mol. The summed E-state index contributed by atoms with van der Waals surface area (Å²) < 4.78 is 28.3. The van der Waals surface area contributed by atoms with Crippen molar-refractivity contribution in [1.29, 1.82) is 10.5 Å². The van der Waals surface area contributed by atoms with E-state index in [9.17, 15) is 20.2 Å². The second kappa shape index (κ2) is 7.03. The van der Waals surface area contributed by atoms with Gasteiger partial charge in [0.05, 0.1) is 37.2 Å². The van der Waals surface area contributed by atoms with Crippen LogP contribution in [0, 0.1) is 40.4 Å². The molecule has 0 bridgehead atoms. The SMILES string of the molecule is CCOP(=O)(OCC)OC1=C[C@@H](C#N)[C@H](C#N)[C@H]2CCC[C@]12O. The molecule has 23 heavy (non-hydrogen) atoms. The lowest BCUT2D eigenvalue weighted by Crippen LogP contribution is -2.45. The molecule has 0 unspecified atom stereocenters. The third kappa shape index (κ3) is 3.29. The highest BCUT2D eigenvalue weighted by Gasteiger charge is 2.55. The van der Waals surface area contributed by atoms with E-state index in [0.717, 1.165) is 0 Å². The molecule has 0 aromatic carbocycles. The van der Waals surface area contributed by atoms with E-state index in [1.54, 1.807) is 13.8 Å². The first-order chi connectivity index (χ1) is 10.9. The van der Waals surface area contributed by atoms with E-state index >= 15 is 0 Å². The number of nitrogens with zero attached hydrogens (tertiary/aromatic N) is 2. The van der Waals surface area contributed by atoms with Gasteiger partial charge in [-0.3, -0.25) is 9.05 Å². The van der Waals surface area contributed by atoms with Crippen LogP contribution >= 0.6 is 7.82 Å². The minimum atomic E-state index is -3.87. The zero-order chi connectivity index (χ0) is 17.1. The van der Waals surface area contributed by atoms with E-state index in [1.807, 2.05) is 0 Å². The first-order valence-corrected chi connectivity index (χ1v) is 9.22. The van der Waals surface area contributed by atoms with Gasteiger partial charge in [0.1, 0.15) is 11.4 Å². The Labute approximate surface area is 136 Å². The summed E-state index contributed by atoms with van der Waals surface area (Å²) in [5, 5.41) is 29.7. The van der Waals surface area contributed by atoms with Crippen LogP contribution in [0.4, 0.5) is 0 Å². The molecule has 0 aliphatic heterocycles. The van der Waals surface area contributed by atoms with Crippen LogP contribution in [-0.2, 0) is 18.1 Å². The highest BCUT2D eigenvalue weighted by molar-refractivity contribution is 7.48. The Hall–Kier alpha value is -1.37. The molecule has 2 aliphatic carbocycles. The fraction of sp³-hybridized carbons (Fsp3) is 0.733. The topological polar surface area (TPSA) is 113 Å². The average Bonchev–Trinajstić information content (AvgIpc) is 2.90. The molecule has 1 saturated carbocycles. The summed E-state index contributed by atoms with van der Waals surface area (Å²) in [5.74, 6) is -1.73. The number of phosphoric ester groups is 1. The van der Waals surface area contributed by atoms with Crippen LogP contribution in [0.1, 0.15) is 33.1 Å². The van der Waals surface area contributed by atoms with Crippen molar-refractivity contribution < 1.29 is 23.2 Å². The lowest BCUT2D eigenvalue weighted by Gasteiger charge is -2.40. The normalized spacial score (nSPS) is 33.3. The van der Waals surface area contributed by atoms with Crippen molar-refractivity contribution in [2.75, 3.05) is 13.2 Å². The van der Waals surface area contributed by atoms with Gasteiger partial charge >= 0.3 is 7.82 Å². The Kier molecular flexibility index (Phi) is 5.49. The van der Waals surface area contributed by atoms with Gasteiger partial charge in [-0.2, -0.15) is 10.5 Å². The molecule has 0 aromatic rings. The Morgan fingerprint density at radius 3 is 2.52 bits per heavy atom. The molecular weight excluding hydrogens is 319 g/mol. The number of nitriles is 2. The molecule has 126 valence electrons. The Morgan fingerprint density at radius 1 is 1.35 bits per heavy atom. The third-order valence-electron chi connectivity index (χ3n) is 4.35. The van der Waals surface area contributed by atoms with Crippen molar-refractivity contribution in [1.82, 2.24) is 0 Å². The van der Waals surface area contributed by atoms with E-state index in [0.29, 0.717) is 19.3 Å². The summed E-state index contributed by atoms with van der Waals surface area (Å²) in [4.78, 5) is 0. The average molecular weight is 340 g/mol. The molecule has 8 heteroatoms. The van der Waals surface area contributed by atoms with Crippen molar-refractivity contribution >= 4 is 7.82 Å². The Morgan fingerprint density at radius 2 is 2.00 bits per heavy atom. The molecule has 0 amide bonds. The number of hydrogen-bond acceptors (Lipinski definition) is 7. The maximum atomic E-state index is 12.6. The van der Waals surface area contributed by atoms with Crippen LogP contribution in [0.3, 0.4) is 0 Å². The van der Waals surface area contributed by atoms with Gasteiger partial charge in [0.2, 0.25) is 0 Å². The number of allylic oxidation sites excluding steroid dienone is 1. The van der Waals surface area contributed by atoms with Gasteiger partial charge in [-0.1, -0.05) is 0 Å². The van der Waals surface area contributed by atoms with E-state index in [4.69, 9.17) is 13.6 Å². The fourth-order valence-corrected chi connectivity index (χ4v) is 4.66. The quantitative estimate of drug-likeness (QED) is 0.740. The molecule has 0 aromatic heterocycles. The summed E-state index contributed by atoms with van der Waals surface area (Å²) in [6.07, 6.45) is 3.09. The molecule has 0 saturated heterocycles. The number of rotatable bonds is 6. The lowest BCUT2D eigenvalue weighted by molar-refractivity contribution is -0.0288. The summed E-state index contributed by atoms with van der Waals surface area (Å²) in [5.41, 5.74) is -1.41. The predicted octanol–water partition coefficient (Wildman–Crippen LogP) is 2.89. The largest absolute Gasteiger partial charge is 0.529 e. The van der Waals surface area contributed by atoms with E-state index in [2.05, 4.69) is 12.1 Å². The first kappa shape index (κ1) is 18.0. The van der Waals surface area contributed by atoms with Crippen LogP contribution in [0.2, 0.25) is 0 Å². The highest BCUT2D eigenvalue weighted by atomic mass is 31.2. The van der Waals surface area contributed by atoms with Crippen molar-refractivity contribution in [2.45, 2.75) is 38.7 Å². The Balaban J connectivity index is 2.39. The Bertz CT molecular complexity index is 598. The summed E-state index contributed by atoms with van der Waals surface area (Å²) in [7, 11) is -3.87. The number of fused-ring (bicyclic) bond motifs is 1. The molecule has 0 heterocycles. The minimum absolute atomic E-state index is 0.0308. The molecule has 2 aliphatic rings. The second-order valence-electron chi connectivity index (χ2n) is 5.64. The number of hydrogen-bond donors (Lipinski definition) is 1. The van der Waals surface area contributed by atoms with Gasteiger partial charge < -0.3 is 9.63 Å². The molecule has 0 spiro atoms. The zero-order valence-electron chi connectivity index (χ0n) is 13.3.